The number of H-pyrrole nitrogens is 1. The number of fused-ring (bicyclic) bond motifs is 1. The summed E-state index contributed by atoms with van der Waals surface area (Å²) in [4.78, 5) is 31.5. The molecular formula is C30H28N8O3. The number of rotatable bonds is 7. The zero-order chi connectivity index (χ0) is 28.6. The lowest BCUT2D eigenvalue weighted by atomic mass is 10.1. The summed E-state index contributed by atoms with van der Waals surface area (Å²) in [6, 6.07) is 14.0. The number of likely N-dealkylation sites (N-methyl/N-ethyl adjacent to an activating group) is 1. The van der Waals surface area contributed by atoms with Gasteiger partial charge in [-0.2, -0.15) is 5.10 Å². The highest BCUT2D eigenvalue weighted by molar-refractivity contribution is 6.02. The first-order chi connectivity index (χ1) is 20.0. The summed E-state index contributed by atoms with van der Waals surface area (Å²) >= 11 is 0. The standard InChI is InChI=1S/C30H28N8O3/c1-37-25-9-5-6-10-26(25)41-20-24(30(37)40)33-29(39)28-34-27(35-36-28)16-22-13-11-21(12-14-22)8-4-2-3-7-15-38-19-23(17-31)18-32-38/h5-6,9-14,18-19,24H,7,15-17,20,31H2,1H3,(H,33,39)(H,34,35,36)/t24-/m0/s1. The Bertz CT molecular complexity index is 1670. The van der Waals surface area contributed by atoms with Gasteiger partial charge in [0.2, 0.25) is 5.82 Å². The lowest BCUT2D eigenvalue weighted by molar-refractivity contribution is -0.120. The van der Waals surface area contributed by atoms with Crippen molar-refractivity contribution in [2.24, 2.45) is 5.73 Å². The fraction of sp³-hybridized carbons (Fsp3) is 0.233. The first-order valence-corrected chi connectivity index (χ1v) is 13.0. The summed E-state index contributed by atoms with van der Waals surface area (Å²) in [6.45, 7) is 1.17. The third-order valence-corrected chi connectivity index (χ3v) is 6.37. The van der Waals surface area contributed by atoms with Crippen LogP contribution in [-0.4, -0.2) is 56.5 Å². The molecule has 4 N–H and O–H groups in total. The molecule has 3 heterocycles. The van der Waals surface area contributed by atoms with Crippen LogP contribution in [0.1, 0.15) is 39.6 Å². The second-order valence-corrected chi connectivity index (χ2v) is 9.30. The van der Waals surface area contributed by atoms with Crippen molar-refractivity contribution in [1.29, 1.82) is 0 Å². The van der Waals surface area contributed by atoms with Crippen LogP contribution in [-0.2, 0) is 24.3 Å². The molecule has 2 amide bonds. The lowest BCUT2D eigenvalue weighted by Crippen LogP contribution is -2.49. The zero-order valence-corrected chi connectivity index (χ0v) is 22.4. The molecular weight excluding hydrogens is 520 g/mol. The number of para-hydroxylation sites is 2. The van der Waals surface area contributed by atoms with E-state index in [1.54, 1.807) is 25.4 Å². The topological polar surface area (TPSA) is 144 Å². The highest BCUT2D eigenvalue weighted by Crippen LogP contribution is 2.29. The minimum Gasteiger partial charge on any atom is -0.489 e. The number of carbonyl (C=O) groups excluding carboxylic acids is 2. The molecule has 1 aliphatic heterocycles. The fourth-order valence-corrected chi connectivity index (χ4v) is 4.17. The molecule has 1 aliphatic rings. The first kappa shape index (κ1) is 27.2. The predicted molar refractivity (Wildman–Crippen MR) is 152 cm³/mol. The Morgan fingerprint density at radius 1 is 1.17 bits per heavy atom. The molecule has 0 unspecified atom stereocenters. The SMILES string of the molecule is CN1C(=O)[C@@H](NC(=O)c2n[nH]c(Cc3ccc(C#CC#CCCn4cc(CN)cn4)cc3)n2)COc2ccccc21. The van der Waals surface area contributed by atoms with Gasteiger partial charge in [0.25, 0.3) is 11.8 Å². The van der Waals surface area contributed by atoms with Gasteiger partial charge in [0.05, 0.1) is 18.4 Å². The number of benzene rings is 2. The third-order valence-electron chi connectivity index (χ3n) is 6.37. The molecule has 11 heteroatoms. The van der Waals surface area contributed by atoms with Crippen LogP contribution in [0.4, 0.5) is 5.69 Å². The second kappa shape index (κ2) is 12.6. The van der Waals surface area contributed by atoms with Crippen LogP contribution < -0.4 is 20.7 Å². The number of aromatic amines is 1. The molecule has 2 aromatic heterocycles. The van der Waals surface area contributed by atoms with Gasteiger partial charge < -0.3 is 20.7 Å². The average molecular weight is 549 g/mol. The summed E-state index contributed by atoms with van der Waals surface area (Å²) in [5.41, 5.74) is 9.02. The minimum atomic E-state index is -0.874. The van der Waals surface area contributed by atoms with Gasteiger partial charge >= 0.3 is 0 Å². The van der Waals surface area contributed by atoms with Crippen LogP contribution >= 0.6 is 0 Å². The van der Waals surface area contributed by atoms with Gasteiger partial charge in [0.1, 0.15) is 24.2 Å². The summed E-state index contributed by atoms with van der Waals surface area (Å²) in [7, 11) is 1.65. The molecule has 0 bridgehead atoms. The van der Waals surface area contributed by atoms with Gasteiger partial charge in [-0.25, -0.2) is 4.98 Å². The number of nitrogens with one attached hydrogen (secondary N) is 2. The summed E-state index contributed by atoms with van der Waals surface area (Å²) < 4.78 is 7.56. The van der Waals surface area contributed by atoms with Crippen LogP contribution in [0.3, 0.4) is 0 Å². The fourth-order valence-electron chi connectivity index (χ4n) is 4.17. The van der Waals surface area contributed by atoms with Crippen LogP contribution in [0.25, 0.3) is 0 Å². The first-order valence-electron chi connectivity index (χ1n) is 13.0. The summed E-state index contributed by atoms with van der Waals surface area (Å²) in [6.07, 6.45) is 4.76. The molecule has 41 heavy (non-hydrogen) atoms. The van der Waals surface area contributed by atoms with Crippen LogP contribution in [0, 0.1) is 23.7 Å². The number of aromatic nitrogens is 5. The van der Waals surface area contributed by atoms with E-state index in [4.69, 9.17) is 10.5 Å². The van der Waals surface area contributed by atoms with E-state index in [0.717, 1.165) is 16.7 Å². The van der Waals surface area contributed by atoms with Gasteiger partial charge in [-0.3, -0.25) is 19.4 Å². The highest BCUT2D eigenvalue weighted by atomic mass is 16.5. The number of ether oxygens (including phenoxy) is 1. The normalized spacial score (nSPS) is 14.0. The van der Waals surface area contributed by atoms with Crippen LogP contribution in [0.2, 0.25) is 0 Å². The van der Waals surface area contributed by atoms with Crippen molar-refractivity contribution in [3.63, 3.8) is 0 Å². The molecule has 4 aromatic rings. The number of hydrogen-bond donors (Lipinski definition) is 3. The average Bonchev–Trinajstić information content (AvgIpc) is 3.64. The van der Waals surface area contributed by atoms with E-state index in [0.29, 0.717) is 43.2 Å². The summed E-state index contributed by atoms with van der Waals surface area (Å²) in [5.74, 6) is 12.0. The van der Waals surface area contributed by atoms with Crippen molar-refractivity contribution in [3.8, 4) is 29.4 Å². The second-order valence-electron chi connectivity index (χ2n) is 9.30. The number of anilines is 1. The summed E-state index contributed by atoms with van der Waals surface area (Å²) in [5, 5.41) is 13.7. The van der Waals surface area contributed by atoms with Crippen molar-refractivity contribution in [1.82, 2.24) is 30.3 Å². The molecule has 0 spiro atoms. The number of hydrogen-bond acceptors (Lipinski definition) is 7. The van der Waals surface area contributed by atoms with E-state index in [1.165, 1.54) is 4.90 Å². The third kappa shape index (κ3) is 6.79. The monoisotopic (exact) mass is 548 g/mol. The van der Waals surface area contributed by atoms with Crippen molar-refractivity contribution in [2.45, 2.75) is 32.0 Å². The molecule has 0 radical (unpaired) electrons. The molecule has 0 saturated heterocycles. The van der Waals surface area contributed by atoms with Gasteiger partial charge in [0.15, 0.2) is 0 Å². The Hall–Kier alpha value is -5.39. The van der Waals surface area contributed by atoms with Crippen LogP contribution in [0.5, 0.6) is 5.75 Å². The molecule has 0 fully saturated rings. The van der Waals surface area contributed by atoms with E-state index < -0.39 is 11.9 Å². The van der Waals surface area contributed by atoms with Crippen LogP contribution in [0.15, 0.2) is 60.9 Å². The number of carbonyl (C=O) groups is 2. The Balaban J connectivity index is 1.12. The Morgan fingerprint density at radius 3 is 2.80 bits per heavy atom. The number of amides is 2. The van der Waals surface area contributed by atoms with E-state index >= 15 is 0 Å². The molecule has 1 atom stereocenters. The Labute approximate surface area is 237 Å². The maximum atomic E-state index is 12.9. The number of nitrogens with zero attached hydrogens (tertiary/aromatic N) is 5. The Kier molecular flexibility index (Phi) is 8.38. The van der Waals surface area contributed by atoms with E-state index in [2.05, 4.69) is 49.3 Å². The zero-order valence-electron chi connectivity index (χ0n) is 22.4. The van der Waals surface area contributed by atoms with Gasteiger partial charge in [-0.1, -0.05) is 36.1 Å². The predicted octanol–water partition coefficient (Wildman–Crippen LogP) is 1.65. The number of nitrogens with two attached hydrogens (primary N) is 1. The van der Waals surface area contributed by atoms with E-state index in [9.17, 15) is 9.59 Å². The van der Waals surface area contributed by atoms with Crippen molar-refractivity contribution in [2.75, 3.05) is 18.6 Å². The molecule has 2 aromatic carbocycles. The molecule has 0 aliphatic carbocycles. The molecule has 0 saturated carbocycles. The van der Waals surface area contributed by atoms with Gasteiger partial charge in [-0.05, 0) is 41.7 Å². The van der Waals surface area contributed by atoms with Crippen molar-refractivity contribution in [3.05, 3.63) is 89.3 Å². The van der Waals surface area contributed by atoms with Gasteiger partial charge in [-0.15, -0.1) is 5.10 Å². The minimum absolute atomic E-state index is 0.00526. The lowest BCUT2D eigenvalue weighted by Gasteiger charge is -2.19. The quantitative estimate of drug-likeness (QED) is 0.298. The van der Waals surface area contributed by atoms with Crippen molar-refractivity contribution < 1.29 is 14.3 Å². The molecule has 206 valence electrons. The maximum absolute atomic E-state index is 12.9. The molecule has 5 rings (SSSR count). The molecule has 11 nitrogen and oxygen atoms in total. The largest absolute Gasteiger partial charge is 0.489 e. The van der Waals surface area contributed by atoms with Crippen molar-refractivity contribution >= 4 is 17.5 Å². The number of aryl methyl sites for hydroxylation is 1. The van der Waals surface area contributed by atoms with E-state index in [-0.39, 0.29) is 18.3 Å². The smallest absolute Gasteiger partial charge is 0.291 e. The van der Waals surface area contributed by atoms with E-state index in [1.807, 2.05) is 47.3 Å². The maximum Gasteiger partial charge on any atom is 0.291 e. The van der Waals surface area contributed by atoms with Gasteiger partial charge in [0, 0.05) is 43.8 Å². The Morgan fingerprint density at radius 2 is 2.00 bits per heavy atom. The highest BCUT2D eigenvalue weighted by Gasteiger charge is 2.31.